The summed E-state index contributed by atoms with van der Waals surface area (Å²) in [5.74, 6) is 2.50. The summed E-state index contributed by atoms with van der Waals surface area (Å²) < 4.78 is 7.06. The summed E-state index contributed by atoms with van der Waals surface area (Å²) in [4.78, 5) is 4.27. The van der Waals surface area contributed by atoms with Gasteiger partial charge in [0, 0.05) is 6.92 Å². The van der Waals surface area contributed by atoms with Crippen LogP contribution in [0.5, 0.6) is 0 Å². The largest absolute Gasteiger partial charge is 0.356 e. The van der Waals surface area contributed by atoms with E-state index in [2.05, 4.69) is 4.98 Å². The second kappa shape index (κ2) is 1.81. The van der Waals surface area contributed by atoms with Crippen molar-refractivity contribution in [1.29, 1.82) is 0 Å². The van der Waals surface area contributed by atoms with E-state index < -0.39 is 0 Å². The molecule has 10 heavy (non-hydrogen) atoms. The summed E-state index contributed by atoms with van der Waals surface area (Å²) >= 11 is 0. The molecule has 1 heterocycles. The fourth-order valence-electron chi connectivity index (χ4n) is 0.953. The Morgan fingerprint density at radius 1 is 1.60 bits per heavy atom. The molecule has 0 bridgehead atoms. The Labute approximate surface area is 59.6 Å². The van der Waals surface area contributed by atoms with Crippen molar-refractivity contribution in [3.8, 4) is 0 Å². The molecule has 3 nitrogen and oxygen atoms in total. The summed E-state index contributed by atoms with van der Waals surface area (Å²) in [6.07, 6.45) is 2.50. The van der Waals surface area contributed by atoms with E-state index in [9.17, 15) is 0 Å². The predicted octanol–water partition coefficient (Wildman–Crippen LogP) is 0.685. The molecule has 0 unspecified atom stereocenters. The van der Waals surface area contributed by atoms with Crippen molar-refractivity contribution in [2.75, 3.05) is 0 Å². The molecule has 0 aromatic carbocycles. The number of hydrogen-bond donors (Lipinski definition) is 0. The molecule has 0 spiro atoms. The van der Waals surface area contributed by atoms with Crippen LogP contribution in [0.3, 0.4) is 0 Å². The lowest BCUT2D eigenvalue weighted by Crippen LogP contribution is -2.28. The Morgan fingerprint density at radius 2 is 2.30 bits per heavy atom. The van der Waals surface area contributed by atoms with Gasteiger partial charge in [0.05, 0.1) is 5.92 Å². The Balaban J connectivity index is 2.34. The number of nitrogens with zero attached hydrogens (tertiary/aromatic N) is 2. The van der Waals surface area contributed by atoms with Crippen molar-refractivity contribution < 1.29 is 9.26 Å². The maximum Gasteiger partial charge on any atom is 0.356 e. The molecule has 0 N–H and O–H groups in total. The first-order valence-electron chi connectivity index (χ1n) is 3.61. The molecular weight excluding hydrogens is 128 g/mol. The molecule has 54 valence electrons. The monoisotopic (exact) mass is 139 g/mol. The first-order valence-corrected chi connectivity index (χ1v) is 3.61. The first-order chi connectivity index (χ1) is 4.77. The maximum absolute atomic E-state index is 5.34. The van der Waals surface area contributed by atoms with Crippen LogP contribution in [0.25, 0.3) is 0 Å². The highest BCUT2D eigenvalue weighted by atomic mass is 16.5. The summed E-state index contributed by atoms with van der Waals surface area (Å²) in [7, 11) is 1.88. The topological polar surface area (TPSA) is 29.9 Å². The van der Waals surface area contributed by atoms with Gasteiger partial charge >= 0.3 is 11.7 Å². The summed E-state index contributed by atoms with van der Waals surface area (Å²) in [5, 5.41) is 0. The summed E-state index contributed by atoms with van der Waals surface area (Å²) in [6.45, 7) is 1.95. The molecule has 0 amide bonds. The van der Waals surface area contributed by atoms with Crippen LogP contribution < -0.4 is 4.74 Å². The lowest BCUT2D eigenvalue weighted by molar-refractivity contribution is -0.851. The van der Waals surface area contributed by atoms with E-state index in [-0.39, 0.29) is 0 Å². The Morgan fingerprint density at radius 3 is 2.70 bits per heavy atom. The molecule has 3 heteroatoms. The van der Waals surface area contributed by atoms with Crippen LogP contribution in [0.2, 0.25) is 0 Å². The third kappa shape index (κ3) is 0.818. The van der Waals surface area contributed by atoms with E-state index in [1.54, 1.807) is 4.74 Å². The molecule has 0 atom stereocenters. The van der Waals surface area contributed by atoms with Gasteiger partial charge in [-0.05, 0) is 17.8 Å². The molecule has 1 fully saturated rings. The van der Waals surface area contributed by atoms with Crippen molar-refractivity contribution in [1.82, 2.24) is 4.98 Å². The highest BCUT2D eigenvalue weighted by Gasteiger charge is 2.34. The van der Waals surface area contributed by atoms with Gasteiger partial charge in [0.25, 0.3) is 0 Å². The smallest absolute Gasteiger partial charge is 0.258 e. The van der Waals surface area contributed by atoms with E-state index in [1.807, 2.05) is 14.0 Å². The first kappa shape index (κ1) is 5.89. The van der Waals surface area contributed by atoms with Crippen molar-refractivity contribution in [3.05, 3.63) is 11.7 Å². The molecule has 1 aliphatic carbocycles. The highest BCUT2D eigenvalue weighted by molar-refractivity contribution is 4.99. The van der Waals surface area contributed by atoms with Crippen molar-refractivity contribution in [3.63, 3.8) is 0 Å². The van der Waals surface area contributed by atoms with Gasteiger partial charge < -0.3 is 0 Å². The van der Waals surface area contributed by atoms with Gasteiger partial charge in [-0.1, -0.05) is 4.74 Å². The zero-order valence-electron chi connectivity index (χ0n) is 6.29. The van der Waals surface area contributed by atoms with E-state index in [0.29, 0.717) is 5.92 Å². The zero-order valence-corrected chi connectivity index (χ0v) is 6.29. The van der Waals surface area contributed by atoms with E-state index in [4.69, 9.17) is 4.52 Å². The number of rotatable bonds is 1. The number of aromatic nitrogens is 2. The van der Waals surface area contributed by atoms with E-state index >= 15 is 0 Å². The lowest BCUT2D eigenvalue weighted by Gasteiger charge is -1.76. The minimum absolute atomic E-state index is 0.625. The Hall–Kier alpha value is -0.860. The SMILES string of the molecule is Cc1nc(C2CC2)o[n+]1C. The van der Waals surface area contributed by atoms with Gasteiger partial charge in [-0.15, -0.1) is 0 Å². The van der Waals surface area contributed by atoms with Gasteiger partial charge in [0.2, 0.25) is 0 Å². The zero-order chi connectivity index (χ0) is 7.14. The second-order valence-corrected chi connectivity index (χ2v) is 2.86. The molecule has 1 aromatic heterocycles. The molecule has 0 radical (unpaired) electrons. The van der Waals surface area contributed by atoms with Crippen LogP contribution in [0, 0.1) is 6.92 Å². The highest BCUT2D eigenvalue weighted by Crippen LogP contribution is 2.38. The fraction of sp³-hybridized carbons (Fsp3) is 0.714. The van der Waals surface area contributed by atoms with E-state index in [1.165, 1.54) is 12.8 Å². The number of hydrogen-bond acceptors (Lipinski definition) is 2. The molecule has 0 aliphatic heterocycles. The van der Waals surface area contributed by atoms with Crippen LogP contribution >= 0.6 is 0 Å². The molecule has 1 aliphatic rings. The molecule has 2 rings (SSSR count). The van der Waals surface area contributed by atoms with Crippen molar-refractivity contribution in [2.45, 2.75) is 25.7 Å². The maximum atomic E-state index is 5.34. The standard InChI is InChI=1S/C7H11N2O/c1-5-8-7(6-3-4-6)10-9(5)2/h6H,3-4H2,1-2H3/q+1. The second-order valence-electron chi connectivity index (χ2n) is 2.86. The lowest BCUT2D eigenvalue weighted by atomic mass is 10.4. The van der Waals surface area contributed by atoms with E-state index in [0.717, 1.165) is 11.7 Å². The third-order valence-corrected chi connectivity index (χ3v) is 1.88. The molecule has 1 aromatic rings. The minimum Gasteiger partial charge on any atom is -0.258 e. The van der Waals surface area contributed by atoms with Gasteiger partial charge in [0.1, 0.15) is 7.05 Å². The van der Waals surface area contributed by atoms with Crippen LogP contribution in [0.4, 0.5) is 0 Å². The van der Waals surface area contributed by atoms with Crippen LogP contribution in [-0.2, 0) is 7.05 Å². The van der Waals surface area contributed by atoms with Gasteiger partial charge in [0.15, 0.2) is 0 Å². The van der Waals surface area contributed by atoms with Crippen LogP contribution in [0.1, 0.15) is 30.5 Å². The average Bonchev–Trinajstić information content (AvgIpc) is 2.64. The van der Waals surface area contributed by atoms with Crippen LogP contribution in [-0.4, -0.2) is 4.98 Å². The van der Waals surface area contributed by atoms with Crippen molar-refractivity contribution in [2.24, 2.45) is 7.05 Å². The van der Waals surface area contributed by atoms with Gasteiger partial charge in [-0.2, -0.15) is 0 Å². The quantitative estimate of drug-likeness (QED) is 0.536. The number of aryl methyl sites for hydroxylation is 2. The molecular formula is C7H11N2O+. The third-order valence-electron chi connectivity index (χ3n) is 1.88. The van der Waals surface area contributed by atoms with Crippen molar-refractivity contribution >= 4 is 0 Å². The molecule has 1 saturated carbocycles. The van der Waals surface area contributed by atoms with Crippen LogP contribution in [0.15, 0.2) is 4.52 Å². The van der Waals surface area contributed by atoms with Gasteiger partial charge in [-0.3, -0.25) is 4.52 Å². The minimum atomic E-state index is 0.625. The summed E-state index contributed by atoms with van der Waals surface area (Å²) in [5.41, 5.74) is 0. The summed E-state index contributed by atoms with van der Waals surface area (Å²) in [6, 6.07) is 0. The Kier molecular flexibility index (Phi) is 1.07. The normalized spacial score (nSPS) is 17.8. The molecule has 0 saturated heterocycles. The predicted molar refractivity (Wildman–Crippen MR) is 34.4 cm³/mol. The Bertz CT molecular complexity index is 231. The average molecular weight is 139 g/mol. The fourth-order valence-corrected chi connectivity index (χ4v) is 0.953. The van der Waals surface area contributed by atoms with Gasteiger partial charge in [-0.25, -0.2) is 0 Å².